The van der Waals surface area contributed by atoms with Gasteiger partial charge in [-0.2, -0.15) is 0 Å². The van der Waals surface area contributed by atoms with Crippen LogP contribution >= 0.6 is 23.4 Å². The number of benzene rings is 2. The third-order valence-electron chi connectivity index (χ3n) is 5.10. The summed E-state index contributed by atoms with van der Waals surface area (Å²) in [5, 5.41) is 9.93. The Morgan fingerprint density at radius 2 is 1.91 bits per heavy atom. The van der Waals surface area contributed by atoms with Crippen LogP contribution in [0.1, 0.15) is 33.4 Å². The quantitative estimate of drug-likeness (QED) is 0.334. The smallest absolute Gasteiger partial charge is 0.337 e. The highest BCUT2D eigenvalue weighted by molar-refractivity contribution is 8.18. The van der Waals surface area contributed by atoms with Crippen molar-refractivity contribution < 1.29 is 28.6 Å². The van der Waals surface area contributed by atoms with Crippen molar-refractivity contribution in [3.63, 3.8) is 0 Å². The van der Waals surface area contributed by atoms with Crippen LogP contribution in [0.4, 0.5) is 5.69 Å². The number of methoxy groups -OCH3 is 1. The van der Waals surface area contributed by atoms with Crippen molar-refractivity contribution in [1.29, 1.82) is 0 Å². The number of carboxylic acid groups (broad SMARTS) is 1. The Morgan fingerprint density at radius 3 is 2.57 bits per heavy atom. The van der Waals surface area contributed by atoms with E-state index in [9.17, 15) is 19.5 Å². The molecule has 0 unspecified atom stereocenters. The molecule has 1 N–H and O–H groups in total. The van der Waals surface area contributed by atoms with Crippen LogP contribution < -0.4 is 0 Å². The Kier molecular flexibility index (Phi) is 7.09. The zero-order chi connectivity index (χ0) is 25.1. The maximum atomic E-state index is 12.9. The Morgan fingerprint density at radius 1 is 1.17 bits per heavy atom. The first-order valence-corrected chi connectivity index (χ1v) is 11.6. The summed E-state index contributed by atoms with van der Waals surface area (Å²) < 4.78 is 10.5. The number of thioether (sulfide) groups is 1. The van der Waals surface area contributed by atoms with Gasteiger partial charge in [-0.1, -0.05) is 11.6 Å². The minimum atomic E-state index is -1.13. The van der Waals surface area contributed by atoms with Crippen LogP contribution in [0.25, 0.3) is 17.4 Å². The molecule has 0 radical (unpaired) electrons. The van der Waals surface area contributed by atoms with Gasteiger partial charge in [0.2, 0.25) is 0 Å². The van der Waals surface area contributed by atoms with E-state index in [1.165, 1.54) is 31.0 Å². The fraction of sp³-hybridized carbons (Fsp3) is 0.120. The highest BCUT2D eigenvalue weighted by Gasteiger charge is 2.32. The summed E-state index contributed by atoms with van der Waals surface area (Å²) in [7, 11) is 1.31. The minimum absolute atomic E-state index is 0.0268. The van der Waals surface area contributed by atoms with Crippen LogP contribution in [0.3, 0.4) is 0 Å². The number of likely N-dealkylation sites (N-methyl/N-ethyl adjacent to an activating group) is 1. The molecular weight excluding hydrogens is 492 g/mol. The van der Waals surface area contributed by atoms with Gasteiger partial charge in [0.25, 0.3) is 5.91 Å². The number of halogens is 1. The van der Waals surface area contributed by atoms with Gasteiger partial charge in [-0.15, -0.1) is 0 Å². The molecule has 2 aromatic carbocycles. The highest BCUT2D eigenvalue weighted by atomic mass is 35.5. The van der Waals surface area contributed by atoms with Gasteiger partial charge in [-0.05, 0) is 73.3 Å². The second-order valence-electron chi connectivity index (χ2n) is 7.29. The first-order chi connectivity index (χ1) is 16.8. The van der Waals surface area contributed by atoms with Crippen LogP contribution in [-0.4, -0.2) is 46.7 Å². The standard InChI is InChI=1S/C25H19ClN2O6S/c1-3-28-22(29)21(35-25(28)27-16-7-4-14(5-8-16)24(32)33-2)13-17-9-11-20(34-17)15-6-10-19(26)18(12-15)23(30)31/h4-13H,3H2,1-2H3,(H,30,31)/b21-13+,27-25?. The summed E-state index contributed by atoms with van der Waals surface area (Å²) in [4.78, 5) is 42.4. The Hall–Kier alpha value is -3.82. The molecule has 0 bridgehead atoms. The van der Waals surface area contributed by atoms with Crippen molar-refractivity contribution in [3.05, 3.63) is 81.4 Å². The highest BCUT2D eigenvalue weighted by Crippen LogP contribution is 2.35. The van der Waals surface area contributed by atoms with E-state index in [0.717, 1.165) is 0 Å². The van der Waals surface area contributed by atoms with Gasteiger partial charge in [-0.25, -0.2) is 14.6 Å². The first-order valence-electron chi connectivity index (χ1n) is 10.4. The van der Waals surface area contributed by atoms with E-state index in [-0.39, 0.29) is 16.5 Å². The number of carbonyl (C=O) groups excluding carboxylic acids is 2. The molecule has 35 heavy (non-hydrogen) atoms. The Balaban J connectivity index is 1.58. The molecule has 1 fully saturated rings. The van der Waals surface area contributed by atoms with E-state index in [1.54, 1.807) is 53.4 Å². The van der Waals surface area contributed by atoms with Crippen molar-refractivity contribution in [2.75, 3.05) is 13.7 Å². The van der Waals surface area contributed by atoms with E-state index in [0.29, 0.717) is 45.0 Å². The molecule has 3 aromatic rings. The van der Waals surface area contributed by atoms with E-state index < -0.39 is 11.9 Å². The zero-order valence-electron chi connectivity index (χ0n) is 18.6. The summed E-state index contributed by atoms with van der Waals surface area (Å²) in [6.07, 6.45) is 1.62. The lowest BCUT2D eigenvalue weighted by atomic mass is 10.1. The maximum absolute atomic E-state index is 12.9. The normalized spacial score (nSPS) is 15.7. The molecule has 0 saturated carbocycles. The first kappa shape index (κ1) is 24.3. The number of carbonyl (C=O) groups is 3. The molecule has 10 heteroatoms. The summed E-state index contributed by atoms with van der Waals surface area (Å²) >= 11 is 7.15. The van der Waals surface area contributed by atoms with Crippen molar-refractivity contribution in [2.24, 2.45) is 4.99 Å². The number of ether oxygens (including phenoxy) is 1. The molecule has 2 heterocycles. The monoisotopic (exact) mass is 510 g/mol. The lowest BCUT2D eigenvalue weighted by Gasteiger charge is -2.12. The lowest BCUT2D eigenvalue weighted by molar-refractivity contribution is -0.122. The molecule has 1 aliphatic rings. The van der Waals surface area contributed by atoms with Gasteiger partial charge in [0.1, 0.15) is 11.5 Å². The SMILES string of the molecule is CCN1C(=O)/C(=C\c2ccc(-c3ccc(Cl)c(C(=O)O)c3)o2)SC1=Nc1ccc(C(=O)OC)cc1. The fourth-order valence-electron chi connectivity index (χ4n) is 3.33. The van der Waals surface area contributed by atoms with Gasteiger partial charge < -0.3 is 14.3 Å². The fourth-order valence-corrected chi connectivity index (χ4v) is 4.57. The minimum Gasteiger partial charge on any atom is -0.478 e. The van der Waals surface area contributed by atoms with E-state index >= 15 is 0 Å². The number of aliphatic imine (C=N–C) groups is 1. The number of hydrogen-bond acceptors (Lipinski definition) is 7. The predicted molar refractivity (Wildman–Crippen MR) is 134 cm³/mol. The molecular formula is C25H19ClN2O6S. The number of amides is 1. The van der Waals surface area contributed by atoms with Crippen LogP contribution in [0, 0.1) is 0 Å². The van der Waals surface area contributed by atoms with Crippen LogP contribution in [0.5, 0.6) is 0 Å². The molecule has 1 saturated heterocycles. The third-order valence-corrected chi connectivity index (χ3v) is 6.44. The molecule has 1 aliphatic heterocycles. The third kappa shape index (κ3) is 5.16. The Bertz CT molecular complexity index is 1380. The maximum Gasteiger partial charge on any atom is 0.337 e. The largest absolute Gasteiger partial charge is 0.478 e. The average molecular weight is 511 g/mol. The molecule has 178 valence electrons. The molecule has 0 aliphatic carbocycles. The Labute approximate surface area is 209 Å². The number of hydrogen-bond donors (Lipinski definition) is 1. The lowest BCUT2D eigenvalue weighted by Crippen LogP contribution is -2.28. The van der Waals surface area contributed by atoms with Crippen LogP contribution in [-0.2, 0) is 9.53 Å². The number of rotatable bonds is 6. The number of aromatic carboxylic acids is 1. The number of furan rings is 1. The van der Waals surface area contributed by atoms with Crippen LogP contribution in [0.15, 0.2) is 68.9 Å². The summed E-state index contributed by atoms with van der Waals surface area (Å²) in [5.41, 5.74) is 1.52. The van der Waals surface area contributed by atoms with Gasteiger partial charge in [-0.3, -0.25) is 9.69 Å². The van der Waals surface area contributed by atoms with Crippen molar-refractivity contribution >= 4 is 58.1 Å². The van der Waals surface area contributed by atoms with Crippen LogP contribution in [0.2, 0.25) is 5.02 Å². The molecule has 0 atom stereocenters. The van der Waals surface area contributed by atoms with Gasteiger partial charge in [0.05, 0.1) is 33.9 Å². The van der Waals surface area contributed by atoms with Crippen molar-refractivity contribution in [3.8, 4) is 11.3 Å². The van der Waals surface area contributed by atoms with E-state index in [2.05, 4.69) is 4.99 Å². The number of amidine groups is 1. The van der Waals surface area contributed by atoms with E-state index in [4.69, 9.17) is 20.8 Å². The topological polar surface area (TPSA) is 109 Å². The van der Waals surface area contributed by atoms with Gasteiger partial charge in [0.15, 0.2) is 5.17 Å². The van der Waals surface area contributed by atoms with Crippen molar-refractivity contribution in [1.82, 2.24) is 4.90 Å². The predicted octanol–water partition coefficient (Wildman–Crippen LogP) is 5.71. The van der Waals surface area contributed by atoms with Crippen molar-refractivity contribution in [2.45, 2.75) is 6.92 Å². The number of carboxylic acids is 1. The molecule has 1 aromatic heterocycles. The molecule has 8 nitrogen and oxygen atoms in total. The molecule has 4 rings (SSSR count). The zero-order valence-corrected chi connectivity index (χ0v) is 20.2. The molecule has 0 spiro atoms. The summed E-state index contributed by atoms with van der Waals surface area (Å²) in [6.45, 7) is 2.28. The summed E-state index contributed by atoms with van der Waals surface area (Å²) in [5.74, 6) is -0.906. The second kappa shape index (κ2) is 10.2. The average Bonchev–Trinajstić information content (AvgIpc) is 3.43. The number of nitrogens with zero attached hydrogens (tertiary/aromatic N) is 2. The summed E-state index contributed by atoms with van der Waals surface area (Å²) in [6, 6.07) is 14.6. The number of esters is 1. The second-order valence-corrected chi connectivity index (χ2v) is 8.71. The molecule has 1 amide bonds. The van der Waals surface area contributed by atoms with E-state index in [1.807, 2.05) is 6.92 Å². The van der Waals surface area contributed by atoms with Gasteiger partial charge >= 0.3 is 11.9 Å². The van der Waals surface area contributed by atoms with Gasteiger partial charge in [0, 0.05) is 18.2 Å².